The van der Waals surface area contributed by atoms with Crippen LogP contribution in [0.15, 0.2) is 35.7 Å². The van der Waals surface area contributed by atoms with Gasteiger partial charge in [0.15, 0.2) is 5.16 Å². The Kier molecular flexibility index (Phi) is 3.64. The second kappa shape index (κ2) is 5.19. The lowest BCUT2D eigenvalue weighted by Gasteiger charge is -2.00. The monoisotopic (exact) mass is 222 g/mol. The second-order valence-electron chi connectivity index (χ2n) is 3.23. The van der Waals surface area contributed by atoms with Crippen LogP contribution < -0.4 is 0 Å². The van der Waals surface area contributed by atoms with E-state index >= 15 is 0 Å². The van der Waals surface area contributed by atoms with E-state index in [1.54, 1.807) is 18.9 Å². The van der Waals surface area contributed by atoms with Crippen molar-refractivity contribution in [3.8, 4) is 0 Å². The number of hydrogen-bond acceptors (Lipinski definition) is 3. The Labute approximate surface area is 93.5 Å². The fourth-order valence-corrected chi connectivity index (χ4v) is 2.27. The summed E-state index contributed by atoms with van der Waals surface area (Å²) in [6, 6.07) is 6.11. The lowest BCUT2D eigenvalue weighted by Crippen LogP contribution is -1.92. The van der Waals surface area contributed by atoms with E-state index < -0.39 is 0 Å². The number of hydrogen-bond donors (Lipinski definition) is 0. The average Bonchev–Trinajstić information content (AvgIpc) is 2.68. The Bertz CT molecular complexity index is 427. The Morgan fingerprint density at radius 2 is 2.40 bits per heavy atom. The molecule has 0 aliphatic rings. The molecule has 0 unspecified atom stereocenters. The van der Waals surface area contributed by atoms with Gasteiger partial charge in [-0.2, -0.15) is 0 Å². The van der Waals surface area contributed by atoms with E-state index in [2.05, 4.69) is 15.5 Å². The molecule has 4 heteroatoms. The number of aromatic nitrogens is 2. The molecule has 0 fully saturated rings. The van der Waals surface area contributed by atoms with Gasteiger partial charge in [-0.15, -0.1) is 0 Å². The summed E-state index contributed by atoms with van der Waals surface area (Å²) < 4.78 is 7.12. The number of pyridine rings is 1. The summed E-state index contributed by atoms with van der Waals surface area (Å²) in [4.78, 5) is 4.38. The molecule has 0 radical (unpaired) electrons. The second-order valence-corrected chi connectivity index (χ2v) is 4.29. The molecular formula is C11H14N2OS. The van der Waals surface area contributed by atoms with Crippen LogP contribution in [0.4, 0.5) is 0 Å². The SMILES string of the molecule is COCCCSc1ncc2ccccn12. The minimum Gasteiger partial charge on any atom is -0.385 e. The van der Waals surface area contributed by atoms with Gasteiger partial charge in [-0.25, -0.2) is 4.98 Å². The van der Waals surface area contributed by atoms with Gasteiger partial charge < -0.3 is 4.74 Å². The molecule has 0 spiro atoms. The van der Waals surface area contributed by atoms with Crippen LogP contribution >= 0.6 is 11.8 Å². The molecule has 0 aliphatic heterocycles. The largest absolute Gasteiger partial charge is 0.385 e. The predicted octanol–water partition coefficient (Wildman–Crippen LogP) is 2.46. The molecular weight excluding hydrogens is 208 g/mol. The van der Waals surface area contributed by atoms with Crippen molar-refractivity contribution in [2.24, 2.45) is 0 Å². The zero-order valence-corrected chi connectivity index (χ0v) is 9.54. The minimum atomic E-state index is 0.816. The lowest BCUT2D eigenvalue weighted by molar-refractivity contribution is 0.200. The summed E-state index contributed by atoms with van der Waals surface area (Å²) in [5, 5.41) is 1.06. The zero-order valence-electron chi connectivity index (χ0n) is 8.72. The number of ether oxygens (including phenoxy) is 1. The van der Waals surface area contributed by atoms with Crippen molar-refractivity contribution in [1.82, 2.24) is 9.38 Å². The highest BCUT2D eigenvalue weighted by atomic mass is 32.2. The third-order valence-corrected chi connectivity index (χ3v) is 3.18. The van der Waals surface area contributed by atoms with Crippen molar-refractivity contribution in [3.05, 3.63) is 30.6 Å². The van der Waals surface area contributed by atoms with E-state index in [0.717, 1.165) is 29.5 Å². The van der Waals surface area contributed by atoms with Gasteiger partial charge in [-0.3, -0.25) is 4.40 Å². The summed E-state index contributed by atoms with van der Waals surface area (Å²) in [6.45, 7) is 0.816. The molecule has 0 saturated carbocycles. The third kappa shape index (κ3) is 2.52. The normalized spacial score (nSPS) is 11.0. The smallest absolute Gasteiger partial charge is 0.172 e. The van der Waals surface area contributed by atoms with Crippen molar-refractivity contribution >= 4 is 17.3 Å². The fraction of sp³-hybridized carbons (Fsp3) is 0.364. The van der Waals surface area contributed by atoms with Gasteiger partial charge in [-0.1, -0.05) is 17.8 Å². The van der Waals surface area contributed by atoms with Crippen LogP contribution in [-0.2, 0) is 4.74 Å². The number of imidazole rings is 1. The Hall–Kier alpha value is -1.00. The van der Waals surface area contributed by atoms with Crippen LogP contribution in [0.1, 0.15) is 6.42 Å². The van der Waals surface area contributed by atoms with Crippen molar-refractivity contribution in [3.63, 3.8) is 0 Å². The predicted molar refractivity (Wildman–Crippen MR) is 62.4 cm³/mol. The number of methoxy groups -OCH3 is 1. The van der Waals surface area contributed by atoms with Gasteiger partial charge in [-0.05, 0) is 18.6 Å². The van der Waals surface area contributed by atoms with Crippen molar-refractivity contribution in [2.45, 2.75) is 11.6 Å². The number of thioether (sulfide) groups is 1. The summed E-state index contributed by atoms with van der Waals surface area (Å²) >= 11 is 1.77. The molecule has 0 aromatic carbocycles. The molecule has 2 aromatic rings. The zero-order chi connectivity index (χ0) is 10.5. The highest BCUT2D eigenvalue weighted by Crippen LogP contribution is 2.18. The lowest BCUT2D eigenvalue weighted by atomic mass is 10.4. The van der Waals surface area contributed by atoms with E-state index in [1.165, 1.54) is 0 Å². The molecule has 2 aromatic heterocycles. The van der Waals surface area contributed by atoms with Gasteiger partial charge in [0.1, 0.15) is 0 Å². The molecule has 15 heavy (non-hydrogen) atoms. The maximum Gasteiger partial charge on any atom is 0.172 e. The van der Waals surface area contributed by atoms with E-state index in [-0.39, 0.29) is 0 Å². The van der Waals surface area contributed by atoms with Crippen LogP contribution in [0.3, 0.4) is 0 Å². The van der Waals surface area contributed by atoms with Crippen LogP contribution in [-0.4, -0.2) is 28.9 Å². The topological polar surface area (TPSA) is 26.5 Å². The standard InChI is InChI=1S/C11H14N2OS/c1-14-7-4-8-15-11-12-9-10-5-2-3-6-13(10)11/h2-3,5-6,9H,4,7-8H2,1H3. The Balaban J connectivity index is 2.02. The van der Waals surface area contributed by atoms with Gasteiger partial charge in [0.05, 0.1) is 11.7 Å². The molecule has 0 aliphatic carbocycles. The molecule has 3 nitrogen and oxygen atoms in total. The van der Waals surface area contributed by atoms with Crippen LogP contribution in [0.25, 0.3) is 5.52 Å². The van der Waals surface area contributed by atoms with Crippen molar-refractivity contribution < 1.29 is 4.74 Å². The first-order chi connectivity index (χ1) is 7.42. The van der Waals surface area contributed by atoms with Crippen molar-refractivity contribution in [1.29, 1.82) is 0 Å². The van der Waals surface area contributed by atoms with Crippen LogP contribution in [0.2, 0.25) is 0 Å². The van der Waals surface area contributed by atoms with Crippen LogP contribution in [0, 0.1) is 0 Å². The minimum absolute atomic E-state index is 0.816. The average molecular weight is 222 g/mol. The Morgan fingerprint density at radius 3 is 3.27 bits per heavy atom. The van der Waals surface area contributed by atoms with E-state index in [9.17, 15) is 0 Å². The van der Waals surface area contributed by atoms with E-state index in [0.29, 0.717) is 0 Å². The first-order valence-corrected chi connectivity index (χ1v) is 5.94. The van der Waals surface area contributed by atoms with Crippen LogP contribution in [0.5, 0.6) is 0 Å². The molecule has 0 bridgehead atoms. The van der Waals surface area contributed by atoms with E-state index in [1.807, 2.05) is 24.5 Å². The molecule has 0 amide bonds. The Morgan fingerprint density at radius 1 is 1.47 bits per heavy atom. The number of rotatable bonds is 5. The maximum atomic E-state index is 5.01. The summed E-state index contributed by atoms with van der Waals surface area (Å²) in [7, 11) is 1.73. The fourth-order valence-electron chi connectivity index (χ4n) is 1.39. The summed E-state index contributed by atoms with van der Waals surface area (Å²) in [6.07, 6.45) is 5.00. The molecule has 0 N–H and O–H groups in total. The van der Waals surface area contributed by atoms with Gasteiger partial charge >= 0.3 is 0 Å². The van der Waals surface area contributed by atoms with Gasteiger partial charge in [0.25, 0.3) is 0 Å². The molecule has 0 saturated heterocycles. The number of nitrogens with zero attached hydrogens (tertiary/aromatic N) is 2. The third-order valence-electron chi connectivity index (χ3n) is 2.13. The summed E-state index contributed by atoms with van der Waals surface area (Å²) in [5.74, 6) is 1.04. The quantitative estimate of drug-likeness (QED) is 0.574. The number of fused-ring (bicyclic) bond motifs is 1. The summed E-state index contributed by atoms with van der Waals surface area (Å²) in [5.41, 5.74) is 1.15. The molecule has 0 atom stereocenters. The first-order valence-electron chi connectivity index (χ1n) is 4.95. The highest BCUT2D eigenvalue weighted by molar-refractivity contribution is 7.99. The van der Waals surface area contributed by atoms with Gasteiger partial charge in [0, 0.05) is 25.7 Å². The molecule has 2 rings (SSSR count). The highest BCUT2D eigenvalue weighted by Gasteiger charge is 2.02. The van der Waals surface area contributed by atoms with Gasteiger partial charge in [0.2, 0.25) is 0 Å². The molecule has 2 heterocycles. The molecule has 80 valence electrons. The van der Waals surface area contributed by atoms with Crippen molar-refractivity contribution in [2.75, 3.05) is 19.5 Å². The maximum absolute atomic E-state index is 5.01. The first kappa shape index (κ1) is 10.5. The van der Waals surface area contributed by atoms with E-state index in [4.69, 9.17) is 4.74 Å².